The van der Waals surface area contributed by atoms with E-state index in [0.717, 1.165) is 17.8 Å². The summed E-state index contributed by atoms with van der Waals surface area (Å²) >= 11 is 0. The Morgan fingerprint density at radius 1 is 1.33 bits per heavy atom. The molecule has 2 N–H and O–H groups in total. The van der Waals surface area contributed by atoms with Crippen molar-refractivity contribution < 1.29 is 0 Å². The molecule has 0 unspecified atom stereocenters. The van der Waals surface area contributed by atoms with Gasteiger partial charge in [0.15, 0.2) is 0 Å². The number of likely N-dealkylation sites (tertiary alicyclic amines) is 1. The average Bonchev–Trinajstić information content (AvgIpc) is 2.74. The van der Waals surface area contributed by atoms with Crippen molar-refractivity contribution in [3.8, 4) is 6.07 Å². The first kappa shape index (κ1) is 10.0. The van der Waals surface area contributed by atoms with Crippen LogP contribution in [0.1, 0.15) is 24.0 Å². The Kier molecular flexibility index (Phi) is 2.89. The third-order valence-electron chi connectivity index (χ3n) is 2.87. The monoisotopic (exact) mass is 201 g/mol. The molecule has 2 rings (SSSR count). The van der Waals surface area contributed by atoms with Crippen molar-refractivity contribution in [3.63, 3.8) is 0 Å². The molecular formula is C12H15N3. The van der Waals surface area contributed by atoms with Crippen LogP contribution in [0.2, 0.25) is 0 Å². The van der Waals surface area contributed by atoms with Crippen molar-refractivity contribution in [3.05, 3.63) is 29.3 Å². The van der Waals surface area contributed by atoms with Gasteiger partial charge in [-0.25, -0.2) is 0 Å². The fraction of sp³-hybridized carbons (Fsp3) is 0.417. The highest BCUT2D eigenvalue weighted by Gasteiger charge is 2.12. The summed E-state index contributed by atoms with van der Waals surface area (Å²) in [6, 6.07) is 7.65. The van der Waals surface area contributed by atoms with Crippen LogP contribution in [0.15, 0.2) is 18.2 Å². The average molecular weight is 201 g/mol. The molecule has 0 saturated carbocycles. The second kappa shape index (κ2) is 4.33. The van der Waals surface area contributed by atoms with Crippen LogP contribution < -0.4 is 5.73 Å². The molecule has 1 aliphatic rings. The number of benzene rings is 1. The van der Waals surface area contributed by atoms with Crippen molar-refractivity contribution in [2.24, 2.45) is 0 Å². The maximum Gasteiger partial charge on any atom is 0.0992 e. The van der Waals surface area contributed by atoms with Crippen molar-refractivity contribution in [2.75, 3.05) is 18.8 Å². The van der Waals surface area contributed by atoms with Gasteiger partial charge in [-0.15, -0.1) is 0 Å². The molecule has 0 aliphatic carbocycles. The first-order valence-corrected chi connectivity index (χ1v) is 5.30. The van der Waals surface area contributed by atoms with Gasteiger partial charge in [-0.05, 0) is 43.6 Å². The highest BCUT2D eigenvalue weighted by atomic mass is 15.1. The van der Waals surface area contributed by atoms with E-state index in [0.29, 0.717) is 5.56 Å². The van der Waals surface area contributed by atoms with Gasteiger partial charge in [0.25, 0.3) is 0 Å². The van der Waals surface area contributed by atoms with Gasteiger partial charge < -0.3 is 5.73 Å². The van der Waals surface area contributed by atoms with E-state index in [2.05, 4.69) is 11.0 Å². The summed E-state index contributed by atoms with van der Waals surface area (Å²) in [7, 11) is 0. The highest BCUT2D eigenvalue weighted by molar-refractivity contribution is 5.52. The predicted octanol–water partition coefficient (Wildman–Crippen LogP) is 1.74. The molecule has 0 aromatic heterocycles. The van der Waals surface area contributed by atoms with E-state index < -0.39 is 0 Å². The number of hydrogen-bond acceptors (Lipinski definition) is 3. The van der Waals surface area contributed by atoms with Gasteiger partial charge in [-0.3, -0.25) is 4.90 Å². The van der Waals surface area contributed by atoms with Gasteiger partial charge in [0.2, 0.25) is 0 Å². The first-order chi connectivity index (χ1) is 7.29. The molecule has 15 heavy (non-hydrogen) atoms. The maximum absolute atomic E-state index is 8.72. The molecule has 3 heteroatoms. The van der Waals surface area contributed by atoms with E-state index in [1.54, 1.807) is 6.07 Å². The summed E-state index contributed by atoms with van der Waals surface area (Å²) in [5.41, 5.74) is 8.41. The Balaban J connectivity index is 2.11. The summed E-state index contributed by atoms with van der Waals surface area (Å²) in [5, 5.41) is 8.72. The molecule has 3 nitrogen and oxygen atoms in total. The zero-order chi connectivity index (χ0) is 10.7. The second-order valence-electron chi connectivity index (χ2n) is 4.01. The highest BCUT2D eigenvalue weighted by Crippen LogP contribution is 2.18. The molecular weight excluding hydrogens is 186 g/mol. The molecule has 1 fully saturated rings. The maximum atomic E-state index is 8.72. The molecule has 0 radical (unpaired) electrons. The molecule has 1 aliphatic heterocycles. The minimum atomic E-state index is 0.637. The molecule has 0 spiro atoms. The lowest BCUT2D eigenvalue weighted by Gasteiger charge is -2.15. The van der Waals surface area contributed by atoms with Gasteiger partial charge in [0, 0.05) is 12.2 Å². The number of nitrogens with two attached hydrogens (primary N) is 1. The first-order valence-electron chi connectivity index (χ1n) is 5.30. The Morgan fingerprint density at radius 3 is 2.67 bits per heavy atom. The van der Waals surface area contributed by atoms with Crippen molar-refractivity contribution >= 4 is 5.69 Å². The number of nitrogen functional groups attached to an aromatic ring is 1. The Morgan fingerprint density at radius 2 is 2.07 bits per heavy atom. The Bertz CT molecular complexity index is 386. The molecule has 0 bridgehead atoms. The second-order valence-corrected chi connectivity index (χ2v) is 4.01. The molecule has 78 valence electrons. The van der Waals surface area contributed by atoms with Crippen LogP contribution in [0, 0.1) is 11.3 Å². The van der Waals surface area contributed by atoms with Gasteiger partial charge in [-0.2, -0.15) is 5.26 Å². The van der Waals surface area contributed by atoms with Gasteiger partial charge >= 0.3 is 0 Å². The van der Waals surface area contributed by atoms with E-state index in [1.165, 1.54) is 25.9 Å². The third kappa shape index (κ3) is 2.28. The number of rotatable bonds is 2. The van der Waals surface area contributed by atoms with E-state index in [4.69, 9.17) is 11.0 Å². The number of hydrogen-bond donors (Lipinski definition) is 1. The lowest BCUT2D eigenvalue weighted by atomic mass is 10.1. The minimum Gasteiger partial charge on any atom is -0.398 e. The molecule has 1 heterocycles. The summed E-state index contributed by atoms with van der Waals surface area (Å²) in [6.07, 6.45) is 2.58. The summed E-state index contributed by atoms with van der Waals surface area (Å²) in [6.45, 7) is 3.25. The fourth-order valence-corrected chi connectivity index (χ4v) is 1.99. The smallest absolute Gasteiger partial charge is 0.0992 e. The van der Waals surface area contributed by atoms with Crippen molar-refractivity contribution in [1.82, 2.24) is 4.90 Å². The van der Waals surface area contributed by atoms with Crippen molar-refractivity contribution in [2.45, 2.75) is 19.4 Å². The fourth-order valence-electron chi connectivity index (χ4n) is 1.99. The minimum absolute atomic E-state index is 0.637. The lowest BCUT2D eigenvalue weighted by molar-refractivity contribution is 0.332. The van der Waals surface area contributed by atoms with Crippen molar-refractivity contribution in [1.29, 1.82) is 5.26 Å². The van der Waals surface area contributed by atoms with Crippen LogP contribution in [-0.2, 0) is 6.54 Å². The normalized spacial score (nSPS) is 16.5. The van der Waals surface area contributed by atoms with Crippen LogP contribution >= 0.6 is 0 Å². The van der Waals surface area contributed by atoms with Gasteiger partial charge in [-0.1, -0.05) is 6.07 Å². The molecule has 0 amide bonds. The van der Waals surface area contributed by atoms with E-state index >= 15 is 0 Å². The van der Waals surface area contributed by atoms with Crippen LogP contribution in [0.3, 0.4) is 0 Å². The van der Waals surface area contributed by atoms with E-state index in [9.17, 15) is 0 Å². The zero-order valence-electron chi connectivity index (χ0n) is 8.74. The lowest BCUT2D eigenvalue weighted by Crippen LogP contribution is -2.19. The van der Waals surface area contributed by atoms with Gasteiger partial charge in [0.1, 0.15) is 0 Å². The predicted molar refractivity (Wildman–Crippen MR) is 60.1 cm³/mol. The van der Waals surface area contributed by atoms with Crippen LogP contribution in [-0.4, -0.2) is 18.0 Å². The van der Waals surface area contributed by atoms with Crippen LogP contribution in [0.25, 0.3) is 0 Å². The summed E-state index contributed by atoms with van der Waals surface area (Å²) in [5.74, 6) is 0. The number of anilines is 1. The third-order valence-corrected chi connectivity index (χ3v) is 2.87. The standard InChI is InChI=1S/C12H15N3/c13-8-10-3-4-11(12(14)7-10)9-15-5-1-2-6-15/h3-4,7H,1-2,5-6,9,14H2. The molecule has 1 aromatic rings. The van der Waals surface area contributed by atoms with E-state index in [1.807, 2.05) is 12.1 Å². The molecule has 1 aromatic carbocycles. The Labute approximate surface area is 90.1 Å². The zero-order valence-corrected chi connectivity index (χ0v) is 8.74. The number of nitriles is 1. The topological polar surface area (TPSA) is 53.0 Å². The van der Waals surface area contributed by atoms with Crippen LogP contribution in [0.5, 0.6) is 0 Å². The Hall–Kier alpha value is -1.53. The van der Waals surface area contributed by atoms with E-state index in [-0.39, 0.29) is 0 Å². The number of nitrogens with zero attached hydrogens (tertiary/aromatic N) is 2. The largest absolute Gasteiger partial charge is 0.398 e. The molecule has 1 saturated heterocycles. The molecule has 0 atom stereocenters. The quantitative estimate of drug-likeness (QED) is 0.741. The summed E-state index contributed by atoms with van der Waals surface area (Å²) < 4.78 is 0. The van der Waals surface area contributed by atoms with Gasteiger partial charge in [0.05, 0.1) is 11.6 Å². The summed E-state index contributed by atoms with van der Waals surface area (Å²) in [4.78, 5) is 2.40. The SMILES string of the molecule is N#Cc1ccc(CN2CCCC2)c(N)c1. The van der Waals surface area contributed by atoms with Crippen LogP contribution in [0.4, 0.5) is 5.69 Å².